The van der Waals surface area contributed by atoms with E-state index in [9.17, 15) is 10.2 Å². The highest BCUT2D eigenvalue weighted by molar-refractivity contribution is 5.83. The fourth-order valence-corrected chi connectivity index (χ4v) is 4.72. The zero-order chi connectivity index (χ0) is 17.6. The number of ether oxygens (including phenoxy) is 1. The predicted molar refractivity (Wildman–Crippen MR) is 96.5 cm³/mol. The molecule has 4 heterocycles. The molecule has 0 radical (unpaired) electrons. The second kappa shape index (κ2) is 6.56. The van der Waals surface area contributed by atoms with Gasteiger partial charge in [-0.1, -0.05) is 0 Å². The Labute approximate surface area is 148 Å². The van der Waals surface area contributed by atoms with Crippen LogP contribution < -0.4 is 4.74 Å². The zero-order valence-corrected chi connectivity index (χ0v) is 14.8. The van der Waals surface area contributed by atoms with E-state index in [4.69, 9.17) is 4.74 Å². The Morgan fingerprint density at radius 2 is 2.12 bits per heavy atom. The molecule has 3 aliphatic heterocycles. The average molecular weight is 342 g/mol. The highest BCUT2D eigenvalue weighted by Crippen LogP contribution is 2.42. The first-order chi connectivity index (χ1) is 12.1. The number of aliphatic hydroxyl groups is 2. The van der Waals surface area contributed by atoms with E-state index in [1.165, 1.54) is 0 Å². The molecular formula is C20H26N2O3. The van der Waals surface area contributed by atoms with Gasteiger partial charge in [-0.25, -0.2) is 0 Å². The number of pyridine rings is 1. The van der Waals surface area contributed by atoms with Gasteiger partial charge in [-0.2, -0.15) is 0 Å². The van der Waals surface area contributed by atoms with Gasteiger partial charge in [0.25, 0.3) is 0 Å². The van der Waals surface area contributed by atoms with Gasteiger partial charge >= 0.3 is 0 Å². The third-order valence-electron chi connectivity index (χ3n) is 6.14. The van der Waals surface area contributed by atoms with Gasteiger partial charge in [-0.3, -0.25) is 9.88 Å². The highest BCUT2D eigenvalue weighted by Gasteiger charge is 2.44. The van der Waals surface area contributed by atoms with E-state index in [1.54, 1.807) is 13.3 Å². The van der Waals surface area contributed by atoms with Crippen molar-refractivity contribution in [1.82, 2.24) is 9.88 Å². The van der Waals surface area contributed by atoms with E-state index < -0.39 is 6.10 Å². The second-order valence-electron chi connectivity index (χ2n) is 7.48. The van der Waals surface area contributed by atoms with Crippen LogP contribution in [0.5, 0.6) is 5.75 Å². The molecule has 1 aromatic heterocycles. The summed E-state index contributed by atoms with van der Waals surface area (Å²) in [7, 11) is 1.65. The number of hydrogen-bond donors (Lipinski definition) is 2. The molecule has 6 atom stereocenters. The molecule has 5 nitrogen and oxygen atoms in total. The second-order valence-corrected chi connectivity index (χ2v) is 7.48. The molecule has 2 bridgehead atoms. The van der Waals surface area contributed by atoms with Gasteiger partial charge in [0.2, 0.25) is 0 Å². The number of fused-ring (bicyclic) bond motifs is 4. The Morgan fingerprint density at radius 1 is 1.28 bits per heavy atom. The van der Waals surface area contributed by atoms with Crippen LogP contribution in [0.4, 0.5) is 0 Å². The highest BCUT2D eigenvalue weighted by atomic mass is 16.5. The number of hydrogen-bond acceptors (Lipinski definition) is 5. The Balaban J connectivity index is 1.66. The van der Waals surface area contributed by atoms with Crippen LogP contribution in [0.15, 0.2) is 30.5 Å². The summed E-state index contributed by atoms with van der Waals surface area (Å²) in [5.41, 5.74) is 1.78. The molecule has 0 amide bonds. The summed E-state index contributed by atoms with van der Waals surface area (Å²) in [4.78, 5) is 6.77. The van der Waals surface area contributed by atoms with E-state index in [1.807, 2.05) is 31.2 Å². The Bertz CT molecular complexity index is 764. The fraction of sp³-hybridized carbons (Fsp3) is 0.550. The number of piperidine rings is 3. The van der Waals surface area contributed by atoms with Crippen molar-refractivity contribution in [2.45, 2.75) is 38.0 Å². The van der Waals surface area contributed by atoms with Crippen molar-refractivity contribution in [1.29, 1.82) is 0 Å². The molecule has 0 aliphatic carbocycles. The van der Waals surface area contributed by atoms with Gasteiger partial charge < -0.3 is 14.9 Å². The van der Waals surface area contributed by atoms with Crippen molar-refractivity contribution >= 4 is 10.9 Å². The third kappa shape index (κ3) is 2.90. The molecule has 2 aromatic rings. The van der Waals surface area contributed by atoms with E-state index in [-0.39, 0.29) is 12.1 Å². The van der Waals surface area contributed by atoms with Crippen LogP contribution in [-0.2, 0) is 0 Å². The summed E-state index contributed by atoms with van der Waals surface area (Å²) in [5, 5.41) is 22.2. The first-order valence-electron chi connectivity index (χ1n) is 9.11. The van der Waals surface area contributed by atoms with E-state index in [2.05, 4.69) is 9.88 Å². The van der Waals surface area contributed by atoms with Gasteiger partial charge in [-0.05, 0) is 62.1 Å². The molecule has 5 rings (SSSR count). The number of rotatable bonds is 4. The summed E-state index contributed by atoms with van der Waals surface area (Å²) >= 11 is 0. The van der Waals surface area contributed by atoms with Crippen molar-refractivity contribution in [3.8, 4) is 5.75 Å². The van der Waals surface area contributed by atoms with Crippen molar-refractivity contribution in [2.75, 3.05) is 20.2 Å². The predicted octanol–water partition coefficient (Wildman–Crippen LogP) is 2.37. The van der Waals surface area contributed by atoms with Crippen LogP contribution in [0.3, 0.4) is 0 Å². The van der Waals surface area contributed by atoms with Crippen LogP contribution in [0, 0.1) is 11.8 Å². The molecule has 3 fully saturated rings. The first kappa shape index (κ1) is 16.8. The molecule has 3 saturated heterocycles. The minimum atomic E-state index is -0.560. The molecule has 0 spiro atoms. The monoisotopic (exact) mass is 342 g/mol. The maximum atomic E-state index is 11.2. The lowest BCUT2D eigenvalue weighted by Crippen LogP contribution is -2.57. The van der Waals surface area contributed by atoms with Crippen LogP contribution in [-0.4, -0.2) is 52.4 Å². The molecule has 3 aliphatic rings. The lowest BCUT2D eigenvalue weighted by Gasteiger charge is -2.52. The summed E-state index contributed by atoms with van der Waals surface area (Å²) in [5.74, 6) is 1.59. The topological polar surface area (TPSA) is 65.8 Å². The lowest BCUT2D eigenvalue weighted by molar-refractivity contribution is -0.0844. The smallest absolute Gasteiger partial charge is 0.119 e. The van der Waals surface area contributed by atoms with Crippen LogP contribution in [0.25, 0.3) is 10.9 Å². The molecule has 5 heteroatoms. The van der Waals surface area contributed by atoms with Gasteiger partial charge in [-0.15, -0.1) is 0 Å². The summed E-state index contributed by atoms with van der Waals surface area (Å²) in [6.45, 7) is 3.76. The summed E-state index contributed by atoms with van der Waals surface area (Å²) in [6, 6.07) is 7.80. The molecule has 0 saturated carbocycles. The van der Waals surface area contributed by atoms with E-state index in [0.717, 1.165) is 48.1 Å². The van der Waals surface area contributed by atoms with E-state index in [0.29, 0.717) is 11.8 Å². The van der Waals surface area contributed by atoms with Crippen LogP contribution in [0.1, 0.15) is 31.4 Å². The Kier molecular flexibility index (Phi) is 4.40. The van der Waals surface area contributed by atoms with Gasteiger partial charge in [0.1, 0.15) is 5.75 Å². The maximum absolute atomic E-state index is 11.2. The molecule has 25 heavy (non-hydrogen) atoms. The van der Waals surface area contributed by atoms with Gasteiger partial charge in [0.15, 0.2) is 0 Å². The van der Waals surface area contributed by atoms with Crippen LogP contribution in [0.2, 0.25) is 0 Å². The largest absolute Gasteiger partial charge is 0.497 e. The minimum absolute atomic E-state index is 0.102. The first-order valence-corrected chi connectivity index (χ1v) is 9.11. The number of nitrogens with zero attached hydrogens (tertiary/aromatic N) is 2. The third-order valence-corrected chi connectivity index (χ3v) is 6.14. The molecular weight excluding hydrogens is 316 g/mol. The van der Waals surface area contributed by atoms with Gasteiger partial charge in [0, 0.05) is 30.1 Å². The fourth-order valence-electron chi connectivity index (χ4n) is 4.72. The molecule has 1 unspecified atom stereocenters. The van der Waals surface area contributed by atoms with E-state index >= 15 is 0 Å². The van der Waals surface area contributed by atoms with Crippen molar-refractivity contribution in [3.05, 3.63) is 36.0 Å². The van der Waals surface area contributed by atoms with Gasteiger partial charge in [0.05, 0.1) is 24.8 Å². The minimum Gasteiger partial charge on any atom is -0.497 e. The molecule has 134 valence electrons. The van der Waals surface area contributed by atoms with Crippen molar-refractivity contribution in [2.24, 2.45) is 11.8 Å². The summed E-state index contributed by atoms with van der Waals surface area (Å²) < 4.78 is 5.34. The maximum Gasteiger partial charge on any atom is 0.119 e. The quantitative estimate of drug-likeness (QED) is 0.893. The Morgan fingerprint density at radius 3 is 2.80 bits per heavy atom. The summed E-state index contributed by atoms with van der Waals surface area (Å²) in [6.07, 6.45) is 2.98. The van der Waals surface area contributed by atoms with Crippen molar-refractivity contribution in [3.63, 3.8) is 0 Å². The normalized spacial score (nSPS) is 31.0. The SMILES string of the molecule is COc1ccc2nccc([C@@H](O)[C@@H]3C[C@@H]4CCN3C[C@@H]4[C@@H](C)O)c2c1. The number of aliphatic hydroxyl groups excluding tert-OH is 2. The number of methoxy groups -OCH3 is 1. The average Bonchev–Trinajstić information content (AvgIpc) is 2.66. The zero-order valence-electron chi connectivity index (χ0n) is 14.8. The molecule has 1 aromatic carbocycles. The lowest BCUT2D eigenvalue weighted by atomic mass is 9.72. The molecule has 2 N–H and O–H groups in total. The Hall–Kier alpha value is -1.69. The van der Waals surface area contributed by atoms with Crippen molar-refractivity contribution < 1.29 is 14.9 Å². The number of aromatic nitrogens is 1. The van der Waals surface area contributed by atoms with Crippen LogP contribution >= 0.6 is 0 Å². The standard InChI is InChI=1S/C20H26N2O3/c1-12(23)17-11-22-8-6-13(17)9-19(22)20(24)15-5-7-21-18-4-3-14(25-2)10-16(15)18/h3-5,7,10,12-13,17,19-20,23-24H,6,8-9,11H2,1-2H3/t12-,13+,17-,19+,20-/m1/s1. The number of benzene rings is 1.